The standard InChI is InChI=1S/C21H30BrN3O3S/c1-14(2)16-9-10-18(17(22)12-16)28-13-20(27)24-25-21(29)23-19(26)11-8-15-6-4-3-5-7-15/h9-10,12,14-15H,3-8,11,13H2,1-2H3,(H,24,27)(H2,23,25,26,29). The fraction of sp³-hybridized carbons (Fsp3) is 0.571. The molecule has 2 amide bonds. The Kier molecular flexibility index (Phi) is 9.87. The van der Waals surface area contributed by atoms with Gasteiger partial charge in [0.15, 0.2) is 11.7 Å². The zero-order valence-electron chi connectivity index (χ0n) is 17.1. The summed E-state index contributed by atoms with van der Waals surface area (Å²) in [5.41, 5.74) is 6.14. The van der Waals surface area contributed by atoms with Gasteiger partial charge < -0.3 is 10.1 Å². The number of nitrogens with one attached hydrogen (secondary N) is 3. The van der Waals surface area contributed by atoms with Crippen LogP contribution in [0, 0.1) is 5.92 Å². The molecule has 0 heterocycles. The number of ether oxygens (including phenoxy) is 1. The molecule has 0 unspecified atom stereocenters. The minimum atomic E-state index is -0.399. The largest absolute Gasteiger partial charge is 0.483 e. The van der Waals surface area contributed by atoms with Crippen molar-refractivity contribution in [3.05, 3.63) is 28.2 Å². The zero-order valence-corrected chi connectivity index (χ0v) is 19.5. The lowest BCUT2D eigenvalue weighted by Gasteiger charge is -2.21. The highest BCUT2D eigenvalue weighted by molar-refractivity contribution is 9.10. The van der Waals surface area contributed by atoms with Crippen molar-refractivity contribution in [1.82, 2.24) is 16.2 Å². The molecule has 1 aromatic carbocycles. The third kappa shape index (κ3) is 8.70. The van der Waals surface area contributed by atoms with Crippen LogP contribution in [0.25, 0.3) is 0 Å². The van der Waals surface area contributed by atoms with Crippen LogP contribution in [-0.4, -0.2) is 23.5 Å². The average Bonchev–Trinajstić information content (AvgIpc) is 2.70. The monoisotopic (exact) mass is 483 g/mol. The van der Waals surface area contributed by atoms with Crippen LogP contribution in [0.4, 0.5) is 0 Å². The number of hydrazine groups is 1. The summed E-state index contributed by atoms with van der Waals surface area (Å²) in [6.07, 6.45) is 7.59. The van der Waals surface area contributed by atoms with Gasteiger partial charge in [0.2, 0.25) is 5.91 Å². The van der Waals surface area contributed by atoms with E-state index < -0.39 is 5.91 Å². The third-order valence-electron chi connectivity index (χ3n) is 5.05. The van der Waals surface area contributed by atoms with Gasteiger partial charge in [0.25, 0.3) is 5.91 Å². The molecule has 0 spiro atoms. The first kappa shape index (κ1) is 23.6. The highest BCUT2D eigenvalue weighted by atomic mass is 79.9. The van der Waals surface area contributed by atoms with E-state index in [0.29, 0.717) is 24.0 Å². The maximum atomic E-state index is 12.0. The van der Waals surface area contributed by atoms with Crippen molar-refractivity contribution in [2.45, 2.75) is 64.7 Å². The summed E-state index contributed by atoms with van der Waals surface area (Å²) in [5.74, 6) is 1.10. The molecule has 0 saturated heterocycles. The number of halogens is 1. The lowest BCUT2D eigenvalue weighted by atomic mass is 9.86. The molecule has 2 rings (SSSR count). The Morgan fingerprint density at radius 2 is 1.90 bits per heavy atom. The number of amides is 2. The van der Waals surface area contributed by atoms with E-state index in [2.05, 4.69) is 45.9 Å². The molecular formula is C21H30BrN3O3S. The van der Waals surface area contributed by atoms with Crippen molar-refractivity contribution in [1.29, 1.82) is 0 Å². The highest BCUT2D eigenvalue weighted by Gasteiger charge is 2.15. The molecule has 6 nitrogen and oxygen atoms in total. The highest BCUT2D eigenvalue weighted by Crippen LogP contribution is 2.29. The average molecular weight is 484 g/mol. The number of rotatable bonds is 7. The van der Waals surface area contributed by atoms with Crippen LogP contribution in [0.5, 0.6) is 5.75 Å². The molecule has 1 aliphatic carbocycles. The number of hydrogen-bond donors (Lipinski definition) is 3. The van der Waals surface area contributed by atoms with E-state index in [1.807, 2.05) is 18.2 Å². The van der Waals surface area contributed by atoms with Crippen molar-refractivity contribution >= 4 is 45.1 Å². The number of carbonyl (C=O) groups excluding carboxylic acids is 2. The molecule has 1 fully saturated rings. The SMILES string of the molecule is CC(C)c1ccc(OCC(=O)NNC(=S)NC(=O)CCC2CCCCC2)c(Br)c1. The maximum absolute atomic E-state index is 12.0. The summed E-state index contributed by atoms with van der Waals surface area (Å²) >= 11 is 8.51. The van der Waals surface area contributed by atoms with Crippen molar-refractivity contribution in [2.75, 3.05) is 6.61 Å². The number of hydrogen-bond acceptors (Lipinski definition) is 4. The predicted molar refractivity (Wildman–Crippen MR) is 122 cm³/mol. The Labute approximate surface area is 186 Å². The van der Waals surface area contributed by atoms with Crippen LogP contribution in [0.1, 0.15) is 70.3 Å². The van der Waals surface area contributed by atoms with E-state index in [4.69, 9.17) is 17.0 Å². The van der Waals surface area contributed by atoms with E-state index in [1.165, 1.54) is 37.7 Å². The lowest BCUT2D eigenvalue weighted by molar-refractivity contribution is -0.124. The number of benzene rings is 1. The van der Waals surface area contributed by atoms with Gasteiger partial charge in [-0.2, -0.15) is 0 Å². The summed E-state index contributed by atoms with van der Waals surface area (Å²) in [7, 11) is 0. The van der Waals surface area contributed by atoms with Crippen molar-refractivity contribution in [3.8, 4) is 5.75 Å². The van der Waals surface area contributed by atoms with Gasteiger partial charge in [-0.25, -0.2) is 0 Å². The van der Waals surface area contributed by atoms with Gasteiger partial charge in [-0.15, -0.1) is 0 Å². The molecule has 1 aromatic rings. The quantitative estimate of drug-likeness (QED) is 0.397. The molecule has 1 aliphatic rings. The molecule has 0 aliphatic heterocycles. The third-order valence-corrected chi connectivity index (χ3v) is 5.88. The van der Waals surface area contributed by atoms with Crippen molar-refractivity contribution in [3.63, 3.8) is 0 Å². The lowest BCUT2D eigenvalue weighted by Crippen LogP contribution is -2.49. The zero-order chi connectivity index (χ0) is 21.2. The summed E-state index contributed by atoms with van der Waals surface area (Å²) in [6.45, 7) is 4.04. The van der Waals surface area contributed by atoms with Crippen LogP contribution >= 0.6 is 28.1 Å². The summed E-state index contributed by atoms with van der Waals surface area (Å²) < 4.78 is 6.32. The Bertz CT molecular complexity index is 721. The van der Waals surface area contributed by atoms with E-state index in [0.717, 1.165) is 10.9 Å². The van der Waals surface area contributed by atoms with E-state index in [1.54, 1.807) is 0 Å². The summed E-state index contributed by atoms with van der Waals surface area (Å²) in [4.78, 5) is 23.9. The maximum Gasteiger partial charge on any atom is 0.276 e. The Balaban J connectivity index is 1.64. The molecule has 0 atom stereocenters. The first-order valence-electron chi connectivity index (χ1n) is 10.2. The van der Waals surface area contributed by atoms with Crippen molar-refractivity contribution < 1.29 is 14.3 Å². The number of thiocarbonyl (C=S) groups is 1. The van der Waals surface area contributed by atoms with Gasteiger partial charge in [0.05, 0.1) is 4.47 Å². The van der Waals surface area contributed by atoms with Gasteiger partial charge in [-0.05, 0) is 64.1 Å². The first-order valence-corrected chi connectivity index (χ1v) is 11.4. The molecule has 1 saturated carbocycles. The van der Waals surface area contributed by atoms with Gasteiger partial charge in [-0.1, -0.05) is 52.0 Å². The minimum Gasteiger partial charge on any atom is -0.483 e. The second-order valence-electron chi connectivity index (χ2n) is 7.73. The molecule has 0 bridgehead atoms. The fourth-order valence-electron chi connectivity index (χ4n) is 3.33. The smallest absolute Gasteiger partial charge is 0.276 e. The normalized spacial score (nSPS) is 14.3. The molecule has 3 N–H and O–H groups in total. The minimum absolute atomic E-state index is 0.0782. The summed E-state index contributed by atoms with van der Waals surface area (Å²) in [5, 5.41) is 2.67. The van der Waals surface area contributed by atoms with Gasteiger partial charge >= 0.3 is 0 Å². The summed E-state index contributed by atoms with van der Waals surface area (Å²) in [6, 6.07) is 5.78. The molecule has 29 heavy (non-hydrogen) atoms. The van der Waals surface area contributed by atoms with Crippen LogP contribution in [0.3, 0.4) is 0 Å². The fourth-order valence-corrected chi connectivity index (χ4v) is 4.01. The van der Waals surface area contributed by atoms with Crippen LogP contribution < -0.4 is 20.9 Å². The molecule has 8 heteroatoms. The van der Waals surface area contributed by atoms with Crippen LogP contribution in [0.2, 0.25) is 0 Å². The van der Waals surface area contributed by atoms with E-state index in [9.17, 15) is 9.59 Å². The second-order valence-corrected chi connectivity index (χ2v) is 8.99. The Morgan fingerprint density at radius 1 is 1.17 bits per heavy atom. The van der Waals surface area contributed by atoms with E-state index in [-0.39, 0.29) is 17.6 Å². The first-order chi connectivity index (χ1) is 13.8. The Hall–Kier alpha value is -1.67. The second kappa shape index (κ2) is 12.1. The molecule has 0 aromatic heterocycles. The van der Waals surface area contributed by atoms with Gasteiger partial charge in [0.1, 0.15) is 5.75 Å². The topological polar surface area (TPSA) is 79.5 Å². The number of carbonyl (C=O) groups is 2. The van der Waals surface area contributed by atoms with Crippen LogP contribution in [-0.2, 0) is 9.59 Å². The predicted octanol–water partition coefficient (Wildman–Crippen LogP) is 4.33. The van der Waals surface area contributed by atoms with Gasteiger partial charge in [0, 0.05) is 6.42 Å². The van der Waals surface area contributed by atoms with Crippen LogP contribution in [0.15, 0.2) is 22.7 Å². The Morgan fingerprint density at radius 3 is 2.55 bits per heavy atom. The molecule has 0 radical (unpaired) electrons. The molecule has 160 valence electrons. The van der Waals surface area contributed by atoms with Crippen molar-refractivity contribution in [2.24, 2.45) is 5.92 Å². The van der Waals surface area contributed by atoms with E-state index >= 15 is 0 Å². The molecular weight excluding hydrogens is 454 g/mol. The van der Waals surface area contributed by atoms with Gasteiger partial charge in [-0.3, -0.25) is 20.4 Å².